The molecule has 0 saturated carbocycles. The lowest BCUT2D eigenvalue weighted by atomic mass is 10.1. The maximum Gasteiger partial charge on any atom is 0.179 e. The molecule has 0 aromatic heterocycles. The van der Waals surface area contributed by atoms with Gasteiger partial charge in [0.25, 0.3) is 0 Å². The van der Waals surface area contributed by atoms with E-state index in [-0.39, 0.29) is 12.0 Å². The third-order valence-corrected chi connectivity index (χ3v) is 1.44. The minimum Gasteiger partial charge on any atom is -0.483 e. The van der Waals surface area contributed by atoms with Crippen molar-refractivity contribution >= 4 is 6.29 Å². The highest BCUT2D eigenvalue weighted by Crippen LogP contribution is 2.00. The number of rotatable bonds is 5. The number of nitrogens with one attached hydrogen (secondary N) is 1. The maximum atomic E-state index is 10.4. The molecule has 1 atom stereocenters. The van der Waals surface area contributed by atoms with Gasteiger partial charge in [-0.15, -0.1) is 0 Å². The molecule has 11 heavy (non-hydrogen) atoms. The fraction of sp³-hybridized carbons (Fsp3) is 0.625. The molecule has 0 bridgehead atoms. The number of ether oxygens (including phenoxy) is 1. The number of carbonyl (C=O) groups excluding carboxylic acids is 1. The van der Waals surface area contributed by atoms with Crippen LogP contribution in [0.2, 0.25) is 0 Å². The largest absolute Gasteiger partial charge is 0.483 e. The normalized spacial score (nSPS) is 12.4. The van der Waals surface area contributed by atoms with Crippen LogP contribution in [0.15, 0.2) is 12.5 Å². The molecule has 1 unspecified atom stereocenters. The van der Waals surface area contributed by atoms with Crippen molar-refractivity contribution in [1.29, 1.82) is 0 Å². The lowest BCUT2D eigenvalue weighted by molar-refractivity contribution is -0.110. The summed E-state index contributed by atoms with van der Waals surface area (Å²) < 4.78 is 4.77. The lowest BCUT2D eigenvalue weighted by Gasteiger charge is -2.17. The Balaban J connectivity index is 3.87. The molecule has 0 saturated heterocycles. The van der Waals surface area contributed by atoms with E-state index in [1.54, 1.807) is 0 Å². The van der Waals surface area contributed by atoms with E-state index in [0.717, 1.165) is 6.29 Å². The molecule has 3 nitrogen and oxygen atoms in total. The summed E-state index contributed by atoms with van der Waals surface area (Å²) in [5.74, 6) is 0.676. The highest BCUT2D eigenvalue weighted by Gasteiger charge is 2.11. The Bertz CT molecular complexity index is 143. The molecule has 0 aromatic rings. The molecule has 0 aliphatic heterocycles. The Labute approximate surface area is 67.4 Å². The summed E-state index contributed by atoms with van der Waals surface area (Å²) in [6.07, 6.45) is 0.856. The summed E-state index contributed by atoms with van der Waals surface area (Å²) in [6, 6.07) is -0.206. The molecule has 3 heteroatoms. The standard InChI is InChI=1S/C8H15NO2/c1-6(2)8(5-10)9-7(3)11-4/h5-6,8-9H,3H2,1-2,4H3. The predicted molar refractivity (Wildman–Crippen MR) is 44.0 cm³/mol. The number of aldehydes is 1. The topological polar surface area (TPSA) is 38.3 Å². The first-order valence-electron chi connectivity index (χ1n) is 3.56. The minimum atomic E-state index is -0.206. The Kier molecular flexibility index (Phi) is 4.34. The Morgan fingerprint density at radius 2 is 2.18 bits per heavy atom. The van der Waals surface area contributed by atoms with Crippen LogP contribution in [0.3, 0.4) is 0 Å². The molecule has 0 aliphatic rings. The first-order chi connectivity index (χ1) is 5.11. The molecular weight excluding hydrogens is 142 g/mol. The SMILES string of the molecule is C=C(NC(C=O)C(C)C)OC. The van der Waals surface area contributed by atoms with Crippen LogP contribution in [0.25, 0.3) is 0 Å². The summed E-state index contributed by atoms with van der Waals surface area (Å²) in [5, 5.41) is 2.83. The van der Waals surface area contributed by atoms with Crippen molar-refractivity contribution in [2.24, 2.45) is 5.92 Å². The van der Waals surface area contributed by atoms with Crippen molar-refractivity contribution in [3.05, 3.63) is 12.5 Å². The molecule has 0 amide bonds. The number of hydrogen-bond donors (Lipinski definition) is 1. The van der Waals surface area contributed by atoms with Gasteiger partial charge in [-0.3, -0.25) is 0 Å². The predicted octanol–water partition coefficient (Wildman–Crippen LogP) is 0.917. The van der Waals surface area contributed by atoms with E-state index in [4.69, 9.17) is 4.74 Å². The van der Waals surface area contributed by atoms with Crippen LogP contribution < -0.4 is 5.32 Å². The van der Waals surface area contributed by atoms with Crippen molar-refractivity contribution in [2.45, 2.75) is 19.9 Å². The maximum absolute atomic E-state index is 10.4. The van der Waals surface area contributed by atoms with Crippen molar-refractivity contribution in [3.8, 4) is 0 Å². The van der Waals surface area contributed by atoms with Crippen molar-refractivity contribution in [1.82, 2.24) is 5.32 Å². The molecule has 0 fully saturated rings. The van der Waals surface area contributed by atoms with E-state index in [0.29, 0.717) is 5.88 Å². The van der Waals surface area contributed by atoms with Gasteiger partial charge in [-0.2, -0.15) is 0 Å². The van der Waals surface area contributed by atoms with Crippen LogP contribution in [0.4, 0.5) is 0 Å². The summed E-state index contributed by atoms with van der Waals surface area (Å²) in [6.45, 7) is 7.46. The average Bonchev–Trinajstić information content (AvgIpc) is 1.99. The summed E-state index contributed by atoms with van der Waals surface area (Å²) in [7, 11) is 1.51. The molecule has 0 rings (SSSR count). The molecule has 64 valence electrons. The second-order valence-corrected chi connectivity index (χ2v) is 2.68. The lowest BCUT2D eigenvalue weighted by Crippen LogP contribution is -2.34. The first-order valence-corrected chi connectivity index (χ1v) is 3.56. The Morgan fingerprint density at radius 1 is 1.64 bits per heavy atom. The smallest absolute Gasteiger partial charge is 0.179 e. The summed E-state index contributed by atoms with van der Waals surface area (Å²) in [4.78, 5) is 10.4. The molecule has 0 aliphatic carbocycles. The van der Waals surface area contributed by atoms with Crippen molar-refractivity contribution in [3.63, 3.8) is 0 Å². The van der Waals surface area contributed by atoms with E-state index < -0.39 is 0 Å². The summed E-state index contributed by atoms with van der Waals surface area (Å²) >= 11 is 0. The zero-order valence-corrected chi connectivity index (χ0v) is 7.26. The van der Waals surface area contributed by atoms with Gasteiger partial charge in [0.2, 0.25) is 0 Å². The van der Waals surface area contributed by atoms with Gasteiger partial charge in [-0.25, -0.2) is 0 Å². The number of carbonyl (C=O) groups is 1. The van der Waals surface area contributed by atoms with Gasteiger partial charge in [-0.1, -0.05) is 13.8 Å². The molecule has 1 N–H and O–H groups in total. The number of methoxy groups -OCH3 is 1. The molecule has 0 aromatic carbocycles. The van der Waals surface area contributed by atoms with Gasteiger partial charge < -0.3 is 14.8 Å². The van der Waals surface area contributed by atoms with E-state index in [2.05, 4.69) is 11.9 Å². The van der Waals surface area contributed by atoms with Crippen molar-refractivity contribution < 1.29 is 9.53 Å². The fourth-order valence-corrected chi connectivity index (χ4v) is 0.603. The second-order valence-electron chi connectivity index (χ2n) is 2.68. The van der Waals surface area contributed by atoms with Gasteiger partial charge in [-0.05, 0) is 12.5 Å². The molecule has 0 radical (unpaired) electrons. The average molecular weight is 157 g/mol. The van der Waals surface area contributed by atoms with E-state index in [9.17, 15) is 4.79 Å². The number of hydrogen-bond acceptors (Lipinski definition) is 3. The monoisotopic (exact) mass is 157 g/mol. The molecule has 0 spiro atoms. The molecular formula is C8H15NO2. The van der Waals surface area contributed by atoms with E-state index >= 15 is 0 Å². The van der Waals surface area contributed by atoms with Gasteiger partial charge in [0.15, 0.2) is 5.88 Å². The Hall–Kier alpha value is -0.990. The van der Waals surface area contributed by atoms with Crippen LogP contribution >= 0.6 is 0 Å². The molecule has 0 heterocycles. The van der Waals surface area contributed by atoms with Gasteiger partial charge in [0, 0.05) is 0 Å². The Morgan fingerprint density at radius 3 is 2.45 bits per heavy atom. The van der Waals surface area contributed by atoms with Crippen LogP contribution in [0, 0.1) is 5.92 Å². The van der Waals surface area contributed by atoms with E-state index in [1.165, 1.54) is 7.11 Å². The quantitative estimate of drug-likeness (QED) is 0.476. The van der Waals surface area contributed by atoms with Crippen LogP contribution in [0.5, 0.6) is 0 Å². The minimum absolute atomic E-state index is 0.206. The van der Waals surface area contributed by atoms with Crippen LogP contribution in [0.1, 0.15) is 13.8 Å². The third kappa shape index (κ3) is 3.65. The van der Waals surface area contributed by atoms with Crippen LogP contribution in [-0.4, -0.2) is 19.4 Å². The third-order valence-electron chi connectivity index (χ3n) is 1.44. The van der Waals surface area contributed by atoms with E-state index in [1.807, 2.05) is 13.8 Å². The second kappa shape index (κ2) is 4.77. The van der Waals surface area contributed by atoms with Crippen LogP contribution in [-0.2, 0) is 9.53 Å². The van der Waals surface area contributed by atoms with Gasteiger partial charge >= 0.3 is 0 Å². The van der Waals surface area contributed by atoms with Gasteiger partial charge in [0.1, 0.15) is 6.29 Å². The highest BCUT2D eigenvalue weighted by atomic mass is 16.5. The fourth-order valence-electron chi connectivity index (χ4n) is 0.603. The zero-order valence-electron chi connectivity index (χ0n) is 7.26. The first kappa shape index (κ1) is 10.0. The van der Waals surface area contributed by atoms with Gasteiger partial charge in [0.05, 0.1) is 13.2 Å². The zero-order chi connectivity index (χ0) is 8.85. The summed E-state index contributed by atoms with van der Waals surface area (Å²) in [5.41, 5.74) is 0. The highest BCUT2D eigenvalue weighted by molar-refractivity contribution is 5.58. The van der Waals surface area contributed by atoms with Crippen molar-refractivity contribution in [2.75, 3.05) is 7.11 Å².